The zero-order chi connectivity index (χ0) is 25.8. The molecular formula is C35H22BNO2. The van der Waals surface area contributed by atoms with Crippen LogP contribution in [-0.4, -0.2) is 11.7 Å². The van der Waals surface area contributed by atoms with E-state index in [2.05, 4.69) is 102 Å². The molecule has 0 atom stereocenters. The average molecular weight is 499 g/mol. The molecule has 4 heteroatoms. The number of benzene rings is 5. The van der Waals surface area contributed by atoms with Crippen molar-refractivity contribution in [1.29, 1.82) is 0 Å². The number of hydrogen-bond acceptors (Lipinski definition) is 3. The number of fused-ring (bicyclic) bond motifs is 4. The second kappa shape index (κ2) is 8.75. The predicted molar refractivity (Wildman–Crippen MR) is 158 cm³/mol. The lowest BCUT2D eigenvalue weighted by Crippen LogP contribution is -2.57. The van der Waals surface area contributed by atoms with Crippen molar-refractivity contribution in [2.45, 2.75) is 0 Å². The Bertz CT molecular complexity index is 1740. The summed E-state index contributed by atoms with van der Waals surface area (Å²) in [6, 6.07) is 42.2. The van der Waals surface area contributed by atoms with E-state index in [1.54, 1.807) is 0 Å². The zero-order valence-corrected chi connectivity index (χ0v) is 21.0. The minimum atomic E-state index is -0.0127. The van der Waals surface area contributed by atoms with E-state index in [1.165, 1.54) is 0 Å². The van der Waals surface area contributed by atoms with Gasteiger partial charge in [0.05, 0.1) is 0 Å². The first kappa shape index (κ1) is 21.9. The molecule has 1 aromatic heterocycles. The lowest BCUT2D eigenvalue weighted by molar-refractivity contribution is 0.466. The number of rotatable bonds is 3. The molecule has 3 nitrogen and oxygen atoms in total. The number of nitrogens with zero attached hydrogens (tertiary/aromatic N) is 1. The summed E-state index contributed by atoms with van der Waals surface area (Å²) in [6.45, 7) is -0.0127. The Kier molecular flexibility index (Phi) is 4.92. The summed E-state index contributed by atoms with van der Waals surface area (Å²) in [5.74, 6) is 3.46. The monoisotopic (exact) mass is 499 g/mol. The van der Waals surface area contributed by atoms with Crippen LogP contribution < -0.4 is 25.9 Å². The summed E-state index contributed by atoms with van der Waals surface area (Å²) in [7, 11) is 0. The van der Waals surface area contributed by atoms with E-state index < -0.39 is 0 Å². The molecule has 0 spiro atoms. The quantitative estimate of drug-likeness (QED) is 0.250. The molecule has 0 unspecified atom stereocenters. The molecule has 3 heterocycles. The molecule has 0 saturated carbocycles. The third-order valence-corrected chi connectivity index (χ3v) is 7.71. The Labute approximate surface area is 227 Å². The fourth-order valence-electron chi connectivity index (χ4n) is 5.95. The van der Waals surface area contributed by atoms with Crippen molar-refractivity contribution < 1.29 is 9.47 Å². The van der Waals surface area contributed by atoms with Gasteiger partial charge >= 0.3 is 0 Å². The summed E-state index contributed by atoms with van der Waals surface area (Å²) in [6.07, 6.45) is 3.63. The Morgan fingerprint density at radius 2 is 0.974 bits per heavy atom. The summed E-state index contributed by atoms with van der Waals surface area (Å²) in [5.41, 5.74) is 9.91. The van der Waals surface area contributed by atoms with E-state index in [4.69, 9.17) is 9.47 Å². The molecule has 0 aliphatic carbocycles. The predicted octanol–water partition coefficient (Wildman–Crippen LogP) is 6.81. The molecule has 0 N–H and O–H groups in total. The van der Waals surface area contributed by atoms with E-state index in [-0.39, 0.29) is 6.71 Å². The van der Waals surface area contributed by atoms with Crippen LogP contribution in [0.3, 0.4) is 0 Å². The van der Waals surface area contributed by atoms with Crippen LogP contribution in [0.1, 0.15) is 0 Å². The van der Waals surface area contributed by atoms with Crippen LogP contribution in [0.4, 0.5) is 0 Å². The van der Waals surface area contributed by atoms with Gasteiger partial charge in [0.1, 0.15) is 23.0 Å². The number of ether oxygens (including phenoxy) is 2. The number of hydrogen-bond donors (Lipinski definition) is 0. The van der Waals surface area contributed by atoms with Crippen molar-refractivity contribution >= 4 is 23.1 Å². The molecule has 0 bridgehead atoms. The molecule has 5 aromatic carbocycles. The van der Waals surface area contributed by atoms with E-state index in [1.807, 2.05) is 36.7 Å². The Balaban J connectivity index is 1.41. The smallest absolute Gasteiger partial charge is 0.260 e. The zero-order valence-electron chi connectivity index (χ0n) is 21.0. The molecule has 2 aliphatic rings. The highest BCUT2D eigenvalue weighted by Gasteiger charge is 2.42. The lowest BCUT2D eigenvalue weighted by Gasteiger charge is -2.35. The largest absolute Gasteiger partial charge is 0.458 e. The van der Waals surface area contributed by atoms with Gasteiger partial charge in [-0.25, -0.2) is 0 Å². The van der Waals surface area contributed by atoms with Crippen LogP contribution in [0, 0.1) is 0 Å². The van der Waals surface area contributed by atoms with Gasteiger partial charge in [-0.1, -0.05) is 97.1 Å². The van der Waals surface area contributed by atoms with Gasteiger partial charge in [-0.2, -0.15) is 0 Å². The second-order valence-electron chi connectivity index (χ2n) is 9.94. The van der Waals surface area contributed by atoms with Crippen LogP contribution in [0.5, 0.6) is 23.0 Å². The maximum atomic E-state index is 6.81. The highest BCUT2D eigenvalue weighted by molar-refractivity contribution is 6.98. The van der Waals surface area contributed by atoms with Gasteiger partial charge in [0.15, 0.2) is 0 Å². The maximum Gasteiger partial charge on any atom is 0.260 e. The first-order valence-corrected chi connectivity index (χ1v) is 13.2. The summed E-state index contributed by atoms with van der Waals surface area (Å²) < 4.78 is 13.6. The number of aromatic nitrogens is 1. The van der Waals surface area contributed by atoms with Crippen LogP contribution in [0.2, 0.25) is 0 Å². The van der Waals surface area contributed by atoms with Crippen LogP contribution in [0.15, 0.2) is 134 Å². The minimum absolute atomic E-state index is 0.0127. The molecule has 2 aliphatic heterocycles. The SMILES string of the molecule is c1ccc(-c2cccc3c2Oc2cc(-c4ccncc4)cc4c2B3c2cccc(-c3ccccc3)c2O4)cc1. The van der Waals surface area contributed by atoms with Crippen molar-refractivity contribution in [3.63, 3.8) is 0 Å². The normalized spacial score (nSPS) is 12.5. The van der Waals surface area contributed by atoms with Gasteiger partial charge < -0.3 is 9.47 Å². The topological polar surface area (TPSA) is 31.4 Å². The third kappa shape index (κ3) is 3.49. The minimum Gasteiger partial charge on any atom is -0.458 e. The highest BCUT2D eigenvalue weighted by atomic mass is 16.5. The van der Waals surface area contributed by atoms with E-state index in [0.717, 1.165) is 72.8 Å². The fraction of sp³-hybridized carbons (Fsp3) is 0. The van der Waals surface area contributed by atoms with Crippen molar-refractivity contribution in [3.05, 3.63) is 134 Å². The van der Waals surface area contributed by atoms with Crippen molar-refractivity contribution in [2.75, 3.05) is 0 Å². The van der Waals surface area contributed by atoms with Crippen LogP contribution in [0.25, 0.3) is 33.4 Å². The number of para-hydroxylation sites is 2. The first-order chi connectivity index (χ1) is 19.3. The Morgan fingerprint density at radius 3 is 1.49 bits per heavy atom. The third-order valence-electron chi connectivity index (χ3n) is 7.71. The van der Waals surface area contributed by atoms with Crippen molar-refractivity contribution in [2.24, 2.45) is 0 Å². The van der Waals surface area contributed by atoms with Gasteiger partial charge in [-0.15, -0.1) is 0 Å². The van der Waals surface area contributed by atoms with E-state index in [9.17, 15) is 0 Å². The van der Waals surface area contributed by atoms with Crippen molar-refractivity contribution in [1.82, 2.24) is 4.98 Å². The fourth-order valence-corrected chi connectivity index (χ4v) is 5.95. The summed E-state index contributed by atoms with van der Waals surface area (Å²) in [4.78, 5) is 4.21. The molecule has 0 radical (unpaired) electrons. The highest BCUT2D eigenvalue weighted by Crippen LogP contribution is 2.43. The van der Waals surface area contributed by atoms with Gasteiger partial charge in [0.25, 0.3) is 6.71 Å². The lowest BCUT2D eigenvalue weighted by atomic mass is 9.34. The van der Waals surface area contributed by atoms with Crippen LogP contribution in [-0.2, 0) is 0 Å². The van der Waals surface area contributed by atoms with Crippen molar-refractivity contribution in [3.8, 4) is 56.4 Å². The molecular weight excluding hydrogens is 477 g/mol. The van der Waals surface area contributed by atoms with E-state index in [0.29, 0.717) is 0 Å². The molecule has 39 heavy (non-hydrogen) atoms. The van der Waals surface area contributed by atoms with Gasteiger partial charge in [0.2, 0.25) is 0 Å². The van der Waals surface area contributed by atoms with Crippen LogP contribution >= 0.6 is 0 Å². The summed E-state index contributed by atoms with van der Waals surface area (Å²) in [5, 5.41) is 0. The second-order valence-corrected chi connectivity index (χ2v) is 9.94. The maximum absolute atomic E-state index is 6.81. The molecule has 0 fully saturated rings. The molecule has 0 amide bonds. The first-order valence-electron chi connectivity index (χ1n) is 13.2. The molecule has 0 saturated heterocycles. The Hall–Kier alpha value is -5.09. The summed E-state index contributed by atoms with van der Waals surface area (Å²) >= 11 is 0. The molecule has 8 rings (SSSR count). The van der Waals surface area contributed by atoms with Gasteiger partial charge in [-0.3, -0.25) is 4.98 Å². The molecule has 182 valence electrons. The van der Waals surface area contributed by atoms with Gasteiger partial charge in [-0.05, 0) is 57.4 Å². The molecule has 6 aromatic rings. The Morgan fingerprint density at radius 1 is 0.462 bits per heavy atom. The average Bonchev–Trinajstić information content (AvgIpc) is 3.01. The van der Waals surface area contributed by atoms with Gasteiger partial charge in [0, 0.05) is 29.0 Å². The van der Waals surface area contributed by atoms with E-state index >= 15 is 0 Å². The standard InChI is InChI=1S/C35H22BNO2/c1-3-9-24(10-4-1)27-13-7-15-29-34(27)38-31-21-26(23-17-19-37-20-18-23)22-32-33(31)36(29)30-16-8-14-28(35(30)39-32)25-11-5-2-6-12-25/h1-22H. The number of pyridine rings is 1.